The molecule has 8 nitrogen and oxygen atoms in total. The van der Waals surface area contributed by atoms with Gasteiger partial charge in [0.25, 0.3) is 14.1 Å². The second-order valence-corrected chi connectivity index (χ2v) is 6.79. The second-order valence-electron chi connectivity index (χ2n) is 5.46. The molecule has 130 valence electrons. The molecule has 0 amide bonds. The summed E-state index contributed by atoms with van der Waals surface area (Å²) >= 11 is 0. The summed E-state index contributed by atoms with van der Waals surface area (Å²) in [4.78, 5) is 35.5. The lowest BCUT2D eigenvalue weighted by atomic mass is 10.2. The second kappa shape index (κ2) is 8.17. The van der Waals surface area contributed by atoms with Crippen LogP contribution >= 0.6 is 8.53 Å². The first kappa shape index (κ1) is 18.3. The van der Waals surface area contributed by atoms with Gasteiger partial charge >= 0.3 is 5.69 Å². The fourth-order valence-corrected chi connectivity index (χ4v) is 3.46. The number of aromatic amines is 1. The zero-order valence-corrected chi connectivity index (χ0v) is 14.6. The van der Waals surface area contributed by atoms with Crippen molar-refractivity contribution in [2.45, 2.75) is 45.9 Å². The summed E-state index contributed by atoms with van der Waals surface area (Å²) in [7, 11) is -1.61. The van der Waals surface area contributed by atoms with Crippen LogP contribution in [-0.2, 0) is 9.26 Å². The molecule has 0 bridgehead atoms. The molecule has 2 rings (SSSR count). The molecule has 3 atom stereocenters. The molecule has 2 N–H and O–H groups in total. The van der Waals surface area contributed by atoms with Crippen LogP contribution in [0.4, 0.5) is 0 Å². The van der Waals surface area contributed by atoms with Gasteiger partial charge in [0.15, 0.2) is 0 Å². The molecule has 0 spiro atoms. The SMILES string of the molecule is CCN(CC)P(O)OC[C@@H]1CC[C@H](n2cc(C)c(=O)[nH]c2=O)O1. The average Bonchev–Trinajstić information content (AvgIpc) is 2.98. The lowest BCUT2D eigenvalue weighted by molar-refractivity contribution is -0.0211. The molecule has 1 aromatic rings. The van der Waals surface area contributed by atoms with Crippen molar-refractivity contribution in [2.24, 2.45) is 0 Å². The molecule has 23 heavy (non-hydrogen) atoms. The van der Waals surface area contributed by atoms with Crippen LogP contribution in [0, 0.1) is 6.92 Å². The Morgan fingerprint density at radius 1 is 1.43 bits per heavy atom. The van der Waals surface area contributed by atoms with Gasteiger partial charge in [0.2, 0.25) is 0 Å². The Balaban J connectivity index is 1.93. The maximum absolute atomic E-state index is 11.9. The van der Waals surface area contributed by atoms with Crippen molar-refractivity contribution in [1.82, 2.24) is 14.2 Å². The smallest absolute Gasteiger partial charge is 0.330 e. The van der Waals surface area contributed by atoms with Gasteiger partial charge in [-0.1, -0.05) is 13.8 Å². The maximum atomic E-state index is 11.9. The van der Waals surface area contributed by atoms with Crippen LogP contribution in [0.2, 0.25) is 0 Å². The van der Waals surface area contributed by atoms with Crippen LogP contribution in [0.5, 0.6) is 0 Å². The van der Waals surface area contributed by atoms with Crippen LogP contribution in [0.25, 0.3) is 0 Å². The molecule has 1 unspecified atom stereocenters. The number of aromatic nitrogens is 2. The van der Waals surface area contributed by atoms with Crippen LogP contribution in [0.3, 0.4) is 0 Å². The topological polar surface area (TPSA) is 96.8 Å². The van der Waals surface area contributed by atoms with Crippen molar-refractivity contribution < 1.29 is 14.2 Å². The number of nitrogens with zero attached hydrogens (tertiary/aromatic N) is 2. The highest BCUT2D eigenvalue weighted by Crippen LogP contribution is 2.37. The molecule has 0 radical (unpaired) electrons. The Kier molecular flexibility index (Phi) is 6.50. The molecule has 1 aliphatic heterocycles. The lowest BCUT2D eigenvalue weighted by Crippen LogP contribution is -2.33. The third kappa shape index (κ3) is 4.49. The van der Waals surface area contributed by atoms with Crippen molar-refractivity contribution in [3.05, 3.63) is 32.6 Å². The summed E-state index contributed by atoms with van der Waals surface area (Å²) in [6.07, 6.45) is 2.33. The fraction of sp³-hybridized carbons (Fsp3) is 0.714. The highest BCUT2D eigenvalue weighted by molar-refractivity contribution is 7.43. The van der Waals surface area contributed by atoms with Crippen molar-refractivity contribution >= 4 is 8.53 Å². The monoisotopic (exact) mass is 345 g/mol. The fourth-order valence-electron chi connectivity index (χ4n) is 2.51. The number of hydrogen-bond acceptors (Lipinski definition) is 6. The summed E-state index contributed by atoms with van der Waals surface area (Å²) in [5.41, 5.74) is -0.387. The van der Waals surface area contributed by atoms with E-state index in [2.05, 4.69) is 4.98 Å². The number of H-pyrrole nitrogens is 1. The Labute approximate surface area is 136 Å². The van der Waals surface area contributed by atoms with E-state index < -0.39 is 20.4 Å². The zero-order chi connectivity index (χ0) is 17.0. The minimum Gasteiger partial charge on any atom is -0.352 e. The lowest BCUT2D eigenvalue weighted by Gasteiger charge is -2.24. The minimum atomic E-state index is -1.61. The van der Waals surface area contributed by atoms with Crippen LogP contribution in [0.1, 0.15) is 38.5 Å². The first-order chi connectivity index (χ1) is 11.0. The molecular formula is C14H24N3O5P. The molecule has 1 aliphatic rings. The van der Waals surface area contributed by atoms with Gasteiger partial charge in [-0.25, -0.2) is 9.46 Å². The largest absolute Gasteiger partial charge is 0.352 e. The summed E-state index contributed by atoms with van der Waals surface area (Å²) in [6, 6.07) is 0. The van der Waals surface area contributed by atoms with Gasteiger partial charge in [-0.2, -0.15) is 0 Å². The Bertz CT molecular complexity index is 628. The highest BCUT2D eigenvalue weighted by Gasteiger charge is 2.29. The van der Waals surface area contributed by atoms with Crippen molar-refractivity contribution in [3.8, 4) is 0 Å². The zero-order valence-electron chi connectivity index (χ0n) is 13.7. The van der Waals surface area contributed by atoms with Crippen molar-refractivity contribution in [3.63, 3.8) is 0 Å². The molecule has 1 saturated heterocycles. The van der Waals surface area contributed by atoms with E-state index in [-0.39, 0.29) is 18.3 Å². The summed E-state index contributed by atoms with van der Waals surface area (Å²) in [6.45, 7) is 7.30. The quantitative estimate of drug-likeness (QED) is 0.719. The maximum Gasteiger partial charge on any atom is 0.330 e. The van der Waals surface area contributed by atoms with E-state index >= 15 is 0 Å². The molecule has 0 saturated carbocycles. The predicted molar refractivity (Wildman–Crippen MR) is 87.2 cm³/mol. The van der Waals surface area contributed by atoms with Gasteiger partial charge < -0.3 is 14.2 Å². The first-order valence-corrected chi connectivity index (χ1v) is 8.97. The van der Waals surface area contributed by atoms with Gasteiger partial charge in [-0.15, -0.1) is 0 Å². The van der Waals surface area contributed by atoms with Crippen molar-refractivity contribution in [1.29, 1.82) is 0 Å². The standard InChI is InChI=1S/C14H24N3O5P/c1-4-16(5-2)23(20)21-9-11-6-7-12(22-11)17-8-10(3)13(18)15-14(17)19/h8,11-12,20H,4-7,9H2,1-3H3,(H,15,18,19)/t11-,12+,23?/m0/s1. The molecule has 0 aromatic carbocycles. The molecule has 0 aliphatic carbocycles. The first-order valence-electron chi connectivity index (χ1n) is 7.80. The third-order valence-electron chi connectivity index (χ3n) is 3.89. The highest BCUT2D eigenvalue weighted by atomic mass is 31.2. The van der Waals surface area contributed by atoms with E-state index in [1.165, 1.54) is 10.8 Å². The molecular weight excluding hydrogens is 321 g/mol. The van der Waals surface area contributed by atoms with E-state index in [0.29, 0.717) is 12.0 Å². The molecule has 2 heterocycles. The van der Waals surface area contributed by atoms with E-state index in [0.717, 1.165) is 19.5 Å². The van der Waals surface area contributed by atoms with Crippen LogP contribution < -0.4 is 11.2 Å². The van der Waals surface area contributed by atoms with Gasteiger partial charge in [0.05, 0.1) is 12.7 Å². The average molecular weight is 345 g/mol. The van der Waals surface area contributed by atoms with Gasteiger partial charge in [-0.05, 0) is 19.8 Å². The molecule has 9 heteroatoms. The molecule has 1 fully saturated rings. The Hall–Kier alpha value is -1.05. The molecule has 1 aromatic heterocycles. The predicted octanol–water partition coefficient (Wildman–Crippen LogP) is 1.10. The summed E-state index contributed by atoms with van der Waals surface area (Å²) < 4.78 is 14.6. The normalized spacial score (nSPS) is 22.7. The van der Waals surface area contributed by atoms with Crippen LogP contribution in [0.15, 0.2) is 15.8 Å². The van der Waals surface area contributed by atoms with E-state index in [9.17, 15) is 14.5 Å². The van der Waals surface area contributed by atoms with Gasteiger partial charge in [-0.3, -0.25) is 14.3 Å². The van der Waals surface area contributed by atoms with E-state index in [1.54, 1.807) is 6.92 Å². The van der Waals surface area contributed by atoms with E-state index in [4.69, 9.17) is 9.26 Å². The number of hydrogen-bond donors (Lipinski definition) is 2. The van der Waals surface area contributed by atoms with Crippen molar-refractivity contribution in [2.75, 3.05) is 19.7 Å². The summed E-state index contributed by atoms with van der Waals surface area (Å²) in [5.74, 6) is 0. The van der Waals surface area contributed by atoms with E-state index in [1.807, 2.05) is 18.5 Å². The number of nitrogens with one attached hydrogen (secondary N) is 1. The number of aryl methyl sites for hydroxylation is 1. The number of rotatable bonds is 7. The van der Waals surface area contributed by atoms with Gasteiger partial charge in [0, 0.05) is 24.8 Å². The summed E-state index contributed by atoms with van der Waals surface area (Å²) in [5, 5.41) is 0. The Morgan fingerprint density at radius 2 is 2.13 bits per heavy atom. The number of ether oxygens (including phenoxy) is 1. The Morgan fingerprint density at radius 3 is 2.78 bits per heavy atom. The minimum absolute atomic E-state index is 0.174. The van der Waals surface area contributed by atoms with Crippen LogP contribution in [-0.4, -0.2) is 44.9 Å². The van der Waals surface area contributed by atoms with Gasteiger partial charge in [0.1, 0.15) is 6.23 Å². The third-order valence-corrected chi connectivity index (χ3v) is 5.32.